The van der Waals surface area contributed by atoms with Crippen LogP contribution in [0.4, 0.5) is 4.79 Å². The monoisotopic (exact) mass is 301 g/mol. The van der Waals surface area contributed by atoms with Gasteiger partial charge in [0.1, 0.15) is 5.52 Å². The van der Waals surface area contributed by atoms with Crippen molar-refractivity contribution in [1.29, 1.82) is 0 Å². The van der Waals surface area contributed by atoms with Crippen LogP contribution in [0.15, 0.2) is 30.5 Å². The number of hydrogen-bond acceptors (Lipinski definition) is 4. The zero-order chi connectivity index (χ0) is 16.3. The average molecular weight is 301 g/mol. The molecule has 5 heteroatoms. The normalized spacial score (nSPS) is 12.5. The molecule has 0 aliphatic rings. The standard InChI is InChI=1S/C17H23N3O2/c1-6-20(5)17(21)22-15-11-14(12(2)19(3)4)10-13-8-7-9-18-16(13)15/h7-12H,6H2,1-5H3. The Morgan fingerprint density at radius 3 is 2.68 bits per heavy atom. The predicted molar refractivity (Wildman–Crippen MR) is 88.2 cm³/mol. The fourth-order valence-electron chi connectivity index (χ4n) is 2.10. The van der Waals surface area contributed by atoms with Gasteiger partial charge in [-0.1, -0.05) is 6.07 Å². The van der Waals surface area contributed by atoms with Crippen LogP contribution in [0.3, 0.4) is 0 Å². The minimum absolute atomic E-state index is 0.214. The minimum Gasteiger partial charge on any atom is -0.408 e. The molecule has 1 heterocycles. The van der Waals surface area contributed by atoms with Crippen LogP contribution >= 0.6 is 0 Å². The number of nitrogens with zero attached hydrogens (tertiary/aromatic N) is 3. The van der Waals surface area contributed by atoms with E-state index in [-0.39, 0.29) is 12.1 Å². The van der Waals surface area contributed by atoms with Crippen molar-refractivity contribution in [2.24, 2.45) is 0 Å². The van der Waals surface area contributed by atoms with Crippen molar-refractivity contribution in [2.75, 3.05) is 27.7 Å². The zero-order valence-corrected chi connectivity index (χ0v) is 13.8. The molecule has 1 unspecified atom stereocenters. The molecule has 1 atom stereocenters. The Kier molecular flexibility index (Phi) is 4.98. The number of rotatable bonds is 4. The number of fused-ring (bicyclic) bond motifs is 1. The number of amides is 1. The Labute approximate surface area is 131 Å². The summed E-state index contributed by atoms with van der Waals surface area (Å²) in [6.45, 7) is 4.61. The molecule has 0 saturated carbocycles. The van der Waals surface area contributed by atoms with E-state index in [1.54, 1.807) is 13.2 Å². The van der Waals surface area contributed by atoms with Gasteiger partial charge in [0, 0.05) is 31.2 Å². The molecule has 5 nitrogen and oxygen atoms in total. The maximum Gasteiger partial charge on any atom is 0.415 e. The molecule has 1 aromatic heterocycles. The maximum absolute atomic E-state index is 12.1. The van der Waals surface area contributed by atoms with Gasteiger partial charge in [-0.05, 0) is 51.7 Å². The minimum atomic E-state index is -0.371. The molecule has 2 rings (SSSR count). The van der Waals surface area contributed by atoms with Gasteiger partial charge in [0.05, 0.1) is 0 Å². The van der Waals surface area contributed by atoms with E-state index in [2.05, 4.69) is 22.9 Å². The second kappa shape index (κ2) is 6.75. The molecule has 1 amide bonds. The molecule has 0 aliphatic heterocycles. The van der Waals surface area contributed by atoms with Crippen molar-refractivity contribution in [3.05, 3.63) is 36.0 Å². The number of aromatic nitrogens is 1. The van der Waals surface area contributed by atoms with Gasteiger partial charge in [-0.25, -0.2) is 4.79 Å². The third-order valence-electron chi connectivity index (χ3n) is 3.93. The lowest BCUT2D eigenvalue weighted by Gasteiger charge is -2.22. The van der Waals surface area contributed by atoms with E-state index in [0.717, 1.165) is 10.9 Å². The highest BCUT2D eigenvalue weighted by Crippen LogP contribution is 2.30. The Balaban J connectivity index is 2.48. The van der Waals surface area contributed by atoms with Crippen molar-refractivity contribution in [1.82, 2.24) is 14.8 Å². The average Bonchev–Trinajstić information content (AvgIpc) is 2.52. The van der Waals surface area contributed by atoms with Crippen LogP contribution in [0.2, 0.25) is 0 Å². The summed E-state index contributed by atoms with van der Waals surface area (Å²) in [5.74, 6) is 0.507. The first kappa shape index (κ1) is 16.2. The quantitative estimate of drug-likeness (QED) is 0.869. The topological polar surface area (TPSA) is 45.7 Å². The summed E-state index contributed by atoms with van der Waals surface area (Å²) in [6.07, 6.45) is 1.34. The Morgan fingerprint density at radius 1 is 1.32 bits per heavy atom. The molecule has 0 N–H and O–H groups in total. The molecule has 0 radical (unpaired) electrons. The largest absolute Gasteiger partial charge is 0.415 e. The Bertz CT molecular complexity index is 670. The second-order valence-corrected chi connectivity index (χ2v) is 5.62. The predicted octanol–water partition coefficient (Wildman–Crippen LogP) is 3.31. The van der Waals surface area contributed by atoms with Gasteiger partial charge in [-0.15, -0.1) is 0 Å². The number of hydrogen-bond donors (Lipinski definition) is 0. The summed E-state index contributed by atoms with van der Waals surface area (Å²) in [5.41, 5.74) is 1.79. The van der Waals surface area contributed by atoms with Crippen LogP contribution in [0, 0.1) is 0 Å². The zero-order valence-electron chi connectivity index (χ0n) is 13.8. The van der Waals surface area contributed by atoms with Gasteiger partial charge in [0.15, 0.2) is 5.75 Å². The third-order valence-corrected chi connectivity index (χ3v) is 3.93. The van der Waals surface area contributed by atoms with Crippen molar-refractivity contribution in [3.8, 4) is 5.75 Å². The molecular formula is C17H23N3O2. The van der Waals surface area contributed by atoms with Crippen LogP contribution in [-0.4, -0.2) is 48.6 Å². The fraction of sp³-hybridized carbons (Fsp3) is 0.412. The number of pyridine rings is 1. The molecule has 2 aromatic rings. The highest BCUT2D eigenvalue weighted by Gasteiger charge is 2.16. The summed E-state index contributed by atoms with van der Waals surface area (Å²) in [5, 5.41) is 0.968. The molecule has 22 heavy (non-hydrogen) atoms. The summed E-state index contributed by atoms with van der Waals surface area (Å²) in [7, 11) is 5.76. The number of ether oxygens (including phenoxy) is 1. The van der Waals surface area contributed by atoms with E-state index < -0.39 is 0 Å². The van der Waals surface area contributed by atoms with Crippen LogP contribution < -0.4 is 4.74 Å². The van der Waals surface area contributed by atoms with E-state index in [9.17, 15) is 4.79 Å². The van der Waals surface area contributed by atoms with Crippen LogP contribution in [0.1, 0.15) is 25.5 Å². The van der Waals surface area contributed by atoms with Crippen LogP contribution in [-0.2, 0) is 0 Å². The summed E-state index contributed by atoms with van der Waals surface area (Å²) < 4.78 is 5.56. The molecule has 0 saturated heterocycles. The molecule has 0 fully saturated rings. The van der Waals surface area contributed by atoms with Crippen molar-refractivity contribution >= 4 is 17.0 Å². The lowest BCUT2D eigenvalue weighted by molar-refractivity contribution is 0.165. The van der Waals surface area contributed by atoms with E-state index in [0.29, 0.717) is 17.8 Å². The molecule has 0 bridgehead atoms. The van der Waals surface area contributed by atoms with Gasteiger partial charge in [0.2, 0.25) is 0 Å². The molecule has 118 valence electrons. The van der Waals surface area contributed by atoms with E-state index >= 15 is 0 Å². The third kappa shape index (κ3) is 3.36. The number of carbonyl (C=O) groups is 1. The summed E-state index contributed by atoms with van der Waals surface area (Å²) in [6, 6.07) is 8.08. The fourth-order valence-corrected chi connectivity index (χ4v) is 2.10. The van der Waals surface area contributed by atoms with Crippen LogP contribution in [0.5, 0.6) is 5.75 Å². The Morgan fingerprint density at radius 2 is 2.05 bits per heavy atom. The van der Waals surface area contributed by atoms with Gasteiger partial charge >= 0.3 is 6.09 Å². The van der Waals surface area contributed by atoms with Crippen LogP contribution in [0.25, 0.3) is 10.9 Å². The highest BCUT2D eigenvalue weighted by atomic mass is 16.6. The SMILES string of the molecule is CCN(C)C(=O)Oc1cc(C(C)N(C)C)cc2cccnc12. The summed E-state index contributed by atoms with van der Waals surface area (Å²) >= 11 is 0. The molecule has 0 aliphatic carbocycles. The first-order valence-corrected chi connectivity index (χ1v) is 7.42. The lowest BCUT2D eigenvalue weighted by Crippen LogP contribution is -2.29. The first-order valence-electron chi connectivity index (χ1n) is 7.42. The van der Waals surface area contributed by atoms with E-state index in [1.165, 1.54) is 4.90 Å². The van der Waals surface area contributed by atoms with Crippen molar-refractivity contribution in [3.63, 3.8) is 0 Å². The smallest absolute Gasteiger partial charge is 0.408 e. The highest BCUT2D eigenvalue weighted by molar-refractivity contribution is 5.87. The second-order valence-electron chi connectivity index (χ2n) is 5.62. The molecule has 1 aromatic carbocycles. The van der Waals surface area contributed by atoms with E-state index in [4.69, 9.17) is 4.74 Å². The van der Waals surface area contributed by atoms with Gasteiger partial charge < -0.3 is 14.5 Å². The number of carbonyl (C=O) groups excluding carboxylic acids is 1. The summed E-state index contributed by atoms with van der Waals surface area (Å²) in [4.78, 5) is 20.1. The number of benzene rings is 1. The van der Waals surface area contributed by atoms with Gasteiger partial charge in [-0.3, -0.25) is 4.98 Å². The maximum atomic E-state index is 12.1. The lowest BCUT2D eigenvalue weighted by atomic mass is 10.0. The molecule has 0 spiro atoms. The van der Waals surface area contributed by atoms with Gasteiger partial charge in [-0.2, -0.15) is 0 Å². The van der Waals surface area contributed by atoms with Gasteiger partial charge in [0.25, 0.3) is 0 Å². The van der Waals surface area contributed by atoms with Crippen molar-refractivity contribution in [2.45, 2.75) is 19.9 Å². The van der Waals surface area contributed by atoms with E-state index in [1.807, 2.05) is 39.2 Å². The molecular weight excluding hydrogens is 278 g/mol. The first-order chi connectivity index (χ1) is 10.4. The van der Waals surface area contributed by atoms with Crippen molar-refractivity contribution < 1.29 is 9.53 Å². The Hall–Kier alpha value is -2.14.